The number of nitrogens with zero attached hydrogens (tertiary/aromatic N) is 2. The predicted octanol–water partition coefficient (Wildman–Crippen LogP) is 7.22. The fraction of sp³-hybridized carbons (Fsp3) is 0.528. The number of methoxy groups -OCH3 is 1. The summed E-state index contributed by atoms with van der Waals surface area (Å²) in [6.07, 6.45) is 8.48. The van der Waals surface area contributed by atoms with E-state index < -0.39 is 5.91 Å². The topological polar surface area (TPSA) is 171 Å². The highest BCUT2D eigenvalue weighted by atomic mass is 16.6. The first kappa shape index (κ1) is 55.8. The minimum absolute atomic E-state index is 0.243. The summed E-state index contributed by atoms with van der Waals surface area (Å²) in [6.45, 7) is 14.6. The van der Waals surface area contributed by atoms with Crippen molar-refractivity contribution in [2.24, 2.45) is 5.73 Å². The van der Waals surface area contributed by atoms with Crippen molar-refractivity contribution < 1.29 is 52.2 Å². The number of nitrogens with one attached hydrogen (secondary N) is 1. The molecule has 4 aromatic rings. The smallest absolute Gasteiger partial charge is 0.255 e. The molecule has 0 unspecified atom stereocenters. The fourth-order valence-corrected chi connectivity index (χ4v) is 7.27. The minimum Gasteiger partial charge on any atom is -0.382 e. The molecule has 0 spiro atoms. The van der Waals surface area contributed by atoms with Gasteiger partial charge in [0.2, 0.25) is 5.91 Å². The second kappa shape index (κ2) is 35.3. The first-order chi connectivity index (χ1) is 33.4. The van der Waals surface area contributed by atoms with Crippen LogP contribution >= 0.6 is 0 Å². The number of benzene rings is 3. The van der Waals surface area contributed by atoms with Crippen LogP contribution in [-0.4, -0.2) is 149 Å². The molecule has 3 N–H and O–H groups in total. The van der Waals surface area contributed by atoms with Crippen LogP contribution in [0.15, 0.2) is 85.1 Å². The molecule has 15 heteroatoms. The van der Waals surface area contributed by atoms with Gasteiger partial charge in [0.15, 0.2) is 0 Å². The summed E-state index contributed by atoms with van der Waals surface area (Å²) in [7, 11) is 1.64. The summed E-state index contributed by atoms with van der Waals surface area (Å²) in [6, 6.07) is 25.4. The molecule has 0 atom stereocenters. The molecule has 2 amide bonds. The number of primary amides is 1. The standard InChI is InChI=1S/C43H64N4O11.C10H12/c1-4-47(5-2)38-11-12-40(39(34-38)41-33-36(42(44)48)13-14-45-41)46-43(49)37-10-6-8-35(32-37)9-7-15-51-18-19-53-22-23-55-26-27-57-30-31-58-29-28-56-25-24-54-21-20-52-17-16-50-3;1-2-6-10-8-4-3-7-9(10)5-1/h6,8,10-14,32-34H,4-5,7,9,15-31H2,1-3H3,(H2,44,48)(H,46,49);1-2,5-6H,3-4,7-8H2. The van der Waals surface area contributed by atoms with Gasteiger partial charge >= 0.3 is 0 Å². The van der Waals surface area contributed by atoms with E-state index >= 15 is 0 Å². The number of rotatable bonds is 35. The predicted molar refractivity (Wildman–Crippen MR) is 266 cm³/mol. The molecule has 1 aliphatic rings. The van der Waals surface area contributed by atoms with Crippen LogP contribution in [0.3, 0.4) is 0 Å². The minimum atomic E-state index is -0.545. The summed E-state index contributed by atoms with van der Waals surface area (Å²) < 4.78 is 49.0. The highest BCUT2D eigenvalue weighted by Gasteiger charge is 2.16. The van der Waals surface area contributed by atoms with Gasteiger partial charge in [-0.2, -0.15) is 0 Å². The van der Waals surface area contributed by atoms with Gasteiger partial charge in [-0.05, 0) is 112 Å². The number of nitrogens with two attached hydrogens (primary N) is 1. The van der Waals surface area contributed by atoms with Crippen LogP contribution < -0.4 is 16.0 Å². The second-order valence-electron chi connectivity index (χ2n) is 15.8. The number of amides is 2. The third-order valence-corrected chi connectivity index (χ3v) is 10.9. The first-order valence-corrected chi connectivity index (χ1v) is 24.2. The van der Waals surface area contributed by atoms with Gasteiger partial charge in [0.05, 0.1) is 117 Å². The number of carbonyl (C=O) groups excluding carboxylic acids is 2. The maximum absolute atomic E-state index is 13.5. The Hall–Kier alpha value is -4.81. The summed E-state index contributed by atoms with van der Waals surface area (Å²) >= 11 is 0. The molecule has 0 aliphatic heterocycles. The molecule has 0 saturated heterocycles. The Balaban J connectivity index is 0.000000879. The quantitative estimate of drug-likeness (QED) is 0.0444. The van der Waals surface area contributed by atoms with Crippen LogP contribution in [0, 0.1) is 0 Å². The molecule has 0 fully saturated rings. The summed E-state index contributed by atoms with van der Waals surface area (Å²) in [4.78, 5) is 32.1. The third-order valence-electron chi connectivity index (χ3n) is 10.9. The SMILES string of the molecule is CCN(CC)c1ccc(NC(=O)c2cccc(CCCOCCOCCOCCOCCOCCOCCOCCOCCOC)c2)c(-c2cc(C(N)=O)ccn2)c1.c1ccc2c(c1)CCCC2. The van der Waals surface area contributed by atoms with Crippen LogP contribution in [0.5, 0.6) is 0 Å². The number of carbonyl (C=O) groups is 2. The monoisotopic (exact) mass is 945 g/mol. The van der Waals surface area contributed by atoms with Crippen molar-refractivity contribution in [2.75, 3.05) is 143 Å². The normalized spacial score (nSPS) is 12.0. The van der Waals surface area contributed by atoms with Crippen LogP contribution in [0.4, 0.5) is 11.4 Å². The van der Waals surface area contributed by atoms with E-state index in [1.807, 2.05) is 36.4 Å². The average molecular weight is 945 g/mol. The van der Waals surface area contributed by atoms with E-state index in [-0.39, 0.29) is 5.91 Å². The van der Waals surface area contributed by atoms with Crippen LogP contribution in [0.25, 0.3) is 11.3 Å². The van der Waals surface area contributed by atoms with Gasteiger partial charge < -0.3 is 58.6 Å². The van der Waals surface area contributed by atoms with Crippen molar-refractivity contribution in [3.05, 3.63) is 113 Å². The number of fused-ring (bicyclic) bond motifs is 1. The largest absolute Gasteiger partial charge is 0.382 e. The van der Waals surface area contributed by atoms with Crippen molar-refractivity contribution in [2.45, 2.75) is 52.4 Å². The Kier molecular flexibility index (Phi) is 29.0. The molecule has 0 saturated carbocycles. The van der Waals surface area contributed by atoms with Crippen molar-refractivity contribution in [1.29, 1.82) is 0 Å². The third kappa shape index (κ3) is 22.5. The molecule has 1 aromatic heterocycles. The highest BCUT2D eigenvalue weighted by Crippen LogP contribution is 2.32. The molecule has 15 nitrogen and oxygen atoms in total. The molecular formula is C53H76N4O11. The van der Waals surface area contributed by atoms with E-state index in [1.165, 1.54) is 25.7 Å². The molecule has 1 aliphatic carbocycles. The molecular weight excluding hydrogens is 869 g/mol. The lowest BCUT2D eigenvalue weighted by Gasteiger charge is -2.23. The number of aryl methyl sites for hydroxylation is 3. The first-order valence-electron chi connectivity index (χ1n) is 24.2. The molecule has 5 rings (SSSR count). The lowest BCUT2D eigenvalue weighted by Crippen LogP contribution is -2.22. The molecule has 68 heavy (non-hydrogen) atoms. The van der Waals surface area contributed by atoms with Gasteiger partial charge in [0, 0.05) is 55.4 Å². The van der Waals surface area contributed by atoms with Gasteiger partial charge in [0.1, 0.15) is 0 Å². The molecule has 0 bridgehead atoms. The van der Waals surface area contributed by atoms with E-state index in [0.717, 1.165) is 37.2 Å². The summed E-state index contributed by atoms with van der Waals surface area (Å²) in [5, 5.41) is 3.06. The number of ether oxygens (including phenoxy) is 9. The Morgan fingerprint density at radius 3 is 1.60 bits per heavy atom. The van der Waals surface area contributed by atoms with E-state index in [0.29, 0.717) is 140 Å². The number of aromatic nitrogens is 1. The molecule has 0 radical (unpaired) electrons. The Bertz CT molecular complexity index is 1960. The zero-order valence-electron chi connectivity index (χ0n) is 40.7. The highest BCUT2D eigenvalue weighted by molar-refractivity contribution is 6.06. The van der Waals surface area contributed by atoms with Gasteiger partial charge in [-0.1, -0.05) is 36.4 Å². The second-order valence-corrected chi connectivity index (χ2v) is 15.8. The van der Waals surface area contributed by atoms with E-state index in [4.69, 9.17) is 48.4 Å². The van der Waals surface area contributed by atoms with Crippen LogP contribution in [-0.2, 0) is 61.9 Å². The van der Waals surface area contributed by atoms with Gasteiger partial charge in [-0.25, -0.2) is 0 Å². The van der Waals surface area contributed by atoms with Crippen molar-refractivity contribution in [3.63, 3.8) is 0 Å². The Labute approximate surface area is 404 Å². The van der Waals surface area contributed by atoms with Gasteiger partial charge in [0.25, 0.3) is 5.91 Å². The average Bonchev–Trinajstić information content (AvgIpc) is 3.37. The maximum atomic E-state index is 13.5. The Morgan fingerprint density at radius 2 is 1.10 bits per heavy atom. The van der Waals surface area contributed by atoms with Crippen LogP contribution in [0.1, 0.15) is 70.5 Å². The number of hydrogen-bond donors (Lipinski definition) is 2. The van der Waals surface area contributed by atoms with Crippen molar-refractivity contribution in [1.82, 2.24) is 4.98 Å². The zero-order valence-corrected chi connectivity index (χ0v) is 40.7. The summed E-state index contributed by atoms with van der Waals surface area (Å²) in [5.41, 5.74) is 13.4. The lowest BCUT2D eigenvalue weighted by molar-refractivity contribution is -0.0243. The van der Waals surface area contributed by atoms with E-state index in [2.05, 4.69) is 53.3 Å². The molecule has 3 aromatic carbocycles. The van der Waals surface area contributed by atoms with Crippen LogP contribution in [0.2, 0.25) is 0 Å². The number of pyridine rings is 1. The number of hydrogen-bond acceptors (Lipinski definition) is 13. The lowest BCUT2D eigenvalue weighted by atomic mass is 9.92. The summed E-state index contributed by atoms with van der Waals surface area (Å²) in [5.74, 6) is -0.788. The van der Waals surface area contributed by atoms with E-state index in [9.17, 15) is 9.59 Å². The molecule has 1 heterocycles. The Morgan fingerprint density at radius 1 is 0.588 bits per heavy atom. The maximum Gasteiger partial charge on any atom is 0.255 e. The number of anilines is 2. The zero-order chi connectivity index (χ0) is 48.3. The van der Waals surface area contributed by atoms with Gasteiger partial charge in [-0.15, -0.1) is 0 Å². The van der Waals surface area contributed by atoms with Crippen molar-refractivity contribution >= 4 is 23.2 Å². The molecule has 374 valence electrons. The van der Waals surface area contributed by atoms with Gasteiger partial charge in [-0.3, -0.25) is 14.6 Å². The van der Waals surface area contributed by atoms with E-state index in [1.54, 1.807) is 42.6 Å². The van der Waals surface area contributed by atoms with Crippen molar-refractivity contribution in [3.8, 4) is 11.3 Å². The fourth-order valence-electron chi connectivity index (χ4n) is 7.27.